The van der Waals surface area contributed by atoms with E-state index in [2.05, 4.69) is 16.2 Å². The van der Waals surface area contributed by atoms with Gasteiger partial charge in [-0.25, -0.2) is 0 Å². The number of esters is 1. The summed E-state index contributed by atoms with van der Waals surface area (Å²) < 4.78 is 4.67. The molecule has 1 rings (SSSR count). The van der Waals surface area contributed by atoms with E-state index in [0.29, 0.717) is 0 Å². The number of hydrogen-bond acceptors (Lipinski definition) is 6. The van der Waals surface area contributed by atoms with Crippen molar-refractivity contribution in [2.45, 2.75) is 44.2 Å². The summed E-state index contributed by atoms with van der Waals surface area (Å²) in [6.07, 6.45) is -1.34. The number of nitro groups is 1. The first-order valence-electron chi connectivity index (χ1n) is 7.12. The highest BCUT2D eigenvalue weighted by Gasteiger charge is 2.49. The predicted octanol–water partition coefficient (Wildman–Crippen LogP) is 0.435. The van der Waals surface area contributed by atoms with Crippen LogP contribution in [0.4, 0.5) is 0 Å². The molecule has 0 saturated heterocycles. The zero-order chi connectivity index (χ0) is 17.1. The molecule has 1 saturated carbocycles. The summed E-state index contributed by atoms with van der Waals surface area (Å²) in [4.78, 5) is 22.1. The molecule has 2 N–H and O–H groups in total. The Labute approximate surface area is 130 Å². The lowest BCUT2D eigenvalue weighted by atomic mass is 9.70. The maximum Gasteiger partial charge on any atom is 0.309 e. The zero-order valence-corrected chi connectivity index (χ0v) is 14.3. The fourth-order valence-electron chi connectivity index (χ4n) is 2.60. The van der Waals surface area contributed by atoms with E-state index in [1.807, 2.05) is 19.6 Å². The second-order valence-electron chi connectivity index (χ2n) is 6.82. The molecule has 0 spiro atoms. The molecular weight excluding hydrogens is 306 g/mol. The van der Waals surface area contributed by atoms with E-state index < -0.39 is 49.1 Å². The van der Waals surface area contributed by atoms with Crippen molar-refractivity contribution in [2.75, 3.05) is 13.7 Å². The molecule has 0 aromatic rings. The largest absolute Gasteiger partial charge is 0.469 e. The zero-order valence-electron chi connectivity index (χ0n) is 13.3. The van der Waals surface area contributed by atoms with Crippen LogP contribution in [0.15, 0.2) is 0 Å². The van der Waals surface area contributed by atoms with E-state index in [1.165, 1.54) is 7.11 Å². The maximum atomic E-state index is 11.9. The van der Waals surface area contributed by atoms with Gasteiger partial charge in [-0.05, 0) is 0 Å². The number of ether oxygens (including phenoxy) is 1. The third kappa shape index (κ3) is 5.09. The molecule has 0 aromatic carbocycles. The minimum Gasteiger partial charge on any atom is -0.469 e. The minimum atomic E-state index is -1.74. The molecule has 0 bridgehead atoms. The van der Waals surface area contributed by atoms with Crippen LogP contribution in [0, 0.1) is 33.4 Å². The van der Waals surface area contributed by atoms with Crippen LogP contribution >= 0.6 is 0 Å². The molecule has 0 aliphatic heterocycles. The van der Waals surface area contributed by atoms with E-state index in [-0.39, 0.29) is 12.8 Å². The Hall–Kier alpha value is -1.43. The standard InChI is InChI=1S/C14H23NO6Si/c1-21-13(17)10-7-14(18,5-6-22(2,3)4)8-12(16)11(10)9-15(19)20/h10-12,16,18H,7-9H2,1-4H3/t10-,11-,12-,14-/m1/s1. The van der Waals surface area contributed by atoms with Gasteiger partial charge in [-0.1, -0.05) is 25.6 Å². The van der Waals surface area contributed by atoms with Gasteiger partial charge >= 0.3 is 5.97 Å². The summed E-state index contributed by atoms with van der Waals surface area (Å²) in [7, 11) is -0.558. The second kappa shape index (κ2) is 6.77. The van der Waals surface area contributed by atoms with Crippen molar-refractivity contribution >= 4 is 14.0 Å². The fraction of sp³-hybridized carbons (Fsp3) is 0.786. The Bertz CT molecular complexity index is 506. The summed E-state index contributed by atoms with van der Waals surface area (Å²) in [6, 6.07) is 0. The van der Waals surface area contributed by atoms with Gasteiger partial charge in [-0.3, -0.25) is 14.9 Å². The Morgan fingerprint density at radius 3 is 2.50 bits per heavy atom. The number of hydrogen-bond donors (Lipinski definition) is 2. The normalized spacial score (nSPS) is 31.8. The van der Waals surface area contributed by atoms with Crippen molar-refractivity contribution in [3.8, 4) is 11.5 Å². The van der Waals surface area contributed by atoms with Crippen LogP contribution in [0.25, 0.3) is 0 Å². The maximum absolute atomic E-state index is 11.9. The molecule has 4 atom stereocenters. The van der Waals surface area contributed by atoms with E-state index in [0.717, 1.165) is 0 Å². The second-order valence-corrected chi connectivity index (χ2v) is 11.6. The summed E-state index contributed by atoms with van der Waals surface area (Å²) >= 11 is 0. The van der Waals surface area contributed by atoms with Crippen molar-refractivity contribution in [1.29, 1.82) is 0 Å². The predicted molar refractivity (Wildman–Crippen MR) is 82.2 cm³/mol. The Kier molecular flexibility index (Phi) is 5.73. The Morgan fingerprint density at radius 2 is 2.05 bits per heavy atom. The van der Waals surface area contributed by atoms with E-state index in [1.54, 1.807) is 0 Å². The van der Waals surface area contributed by atoms with Crippen molar-refractivity contribution in [3.05, 3.63) is 10.1 Å². The van der Waals surface area contributed by atoms with Gasteiger partial charge in [0.1, 0.15) is 13.7 Å². The Balaban J connectivity index is 3.08. The van der Waals surface area contributed by atoms with Crippen LogP contribution in [0.1, 0.15) is 12.8 Å². The molecule has 0 radical (unpaired) electrons. The van der Waals surface area contributed by atoms with Crippen molar-refractivity contribution in [2.24, 2.45) is 11.8 Å². The van der Waals surface area contributed by atoms with Crippen LogP contribution < -0.4 is 0 Å². The number of carbonyl (C=O) groups excluding carboxylic acids is 1. The lowest BCUT2D eigenvalue weighted by molar-refractivity contribution is -0.493. The average molecular weight is 329 g/mol. The molecule has 22 heavy (non-hydrogen) atoms. The first-order valence-corrected chi connectivity index (χ1v) is 10.6. The van der Waals surface area contributed by atoms with Crippen LogP contribution in [0.5, 0.6) is 0 Å². The van der Waals surface area contributed by atoms with E-state index in [4.69, 9.17) is 0 Å². The monoisotopic (exact) mass is 329 g/mol. The molecule has 8 heteroatoms. The summed E-state index contributed by atoms with van der Waals surface area (Å²) in [5.74, 6) is 0.290. The van der Waals surface area contributed by atoms with E-state index >= 15 is 0 Å². The highest BCUT2D eigenvalue weighted by Crippen LogP contribution is 2.37. The van der Waals surface area contributed by atoms with Gasteiger partial charge in [0.15, 0.2) is 0 Å². The molecule has 1 fully saturated rings. The number of nitrogens with zero attached hydrogens (tertiary/aromatic N) is 1. The third-order valence-corrected chi connectivity index (χ3v) is 4.52. The lowest BCUT2D eigenvalue weighted by Gasteiger charge is -2.39. The summed E-state index contributed by atoms with van der Waals surface area (Å²) in [6.45, 7) is 5.49. The molecule has 0 unspecified atom stereocenters. The van der Waals surface area contributed by atoms with Gasteiger partial charge < -0.3 is 14.9 Å². The highest BCUT2D eigenvalue weighted by atomic mass is 28.3. The summed E-state index contributed by atoms with van der Waals surface area (Å²) in [5.41, 5.74) is 1.51. The van der Waals surface area contributed by atoms with Crippen LogP contribution in [-0.2, 0) is 9.53 Å². The smallest absolute Gasteiger partial charge is 0.309 e. The number of aliphatic hydroxyl groups is 2. The molecule has 7 nitrogen and oxygen atoms in total. The van der Waals surface area contributed by atoms with Crippen molar-refractivity contribution in [3.63, 3.8) is 0 Å². The first-order chi connectivity index (χ1) is 9.97. The molecular formula is C14H23NO6Si. The van der Waals surface area contributed by atoms with Gasteiger partial charge in [0, 0.05) is 17.8 Å². The highest BCUT2D eigenvalue weighted by molar-refractivity contribution is 6.83. The van der Waals surface area contributed by atoms with Gasteiger partial charge in [0.2, 0.25) is 6.54 Å². The van der Waals surface area contributed by atoms with Crippen LogP contribution in [0.3, 0.4) is 0 Å². The number of aliphatic hydroxyl groups excluding tert-OH is 1. The fourth-order valence-corrected chi connectivity index (χ4v) is 3.21. The van der Waals surface area contributed by atoms with Crippen LogP contribution in [-0.4, -0.2) is 54.5 Å². The van der Waals surface area contributed by atoms with Gasteiger partial charge in [0.05, 0.1) is 25.0 Å². The molecule has 1 aliphatic carbocycles. The number of carbonyl (C=O) groups is 1. The van der Waals surface area contributed by atoms with Crippen LogP contribution in [0.2, 0.25) is 19.6 Å². The first kappa shape index (κ1) is 18.6. The average Bonchev–Trinajstić information content (AvgIpc) is 2.38. The van der Waals surface area contributed by atoms with Crippen molar-refractivity contribution < 1.29 is 24.7 Å². The third-order valence-electron chi connectivity index (χ3n) is 3.65. The molecule has 0 amide bonds. The van der Waals surface area contributed by atoms with E-state index in [9.17, 15) is 25.1 Å². The van der Waals surface area contributed by atoms with Gasteiger partial charge in [-0.2, -0.15) is 0 Å². The minimum absolute atomic E-state index is 0.0628. The quantitative estimate of drug-likeness (QED) is 0.255. The molecule has 1 aliphatic rings. The molecule has 124 valence electrons. The van der Waals surface area contributed by atoms with Gasteiger partial charge in [-0.15, -0.1) is 5.54 Å². The Morgan fingerprint density at radius 1 is 1.45 bits per heavy atom. The molecule has 0 heterocycles. The topological polar surface area (TPSA) is 110 Å². The number of rotatable bonds is 3. The van der Waals surface area contributed by atoms with Crippen molar-refractivity contribution in [1.82, 2.24) is 0 Å². The number of methoxy groups -OCH3 is 1. The SMILES string of the molecule is COC(=O)[C@@H]1C[C@](O)(C#C[Si](C)(C)C)C[C@@H](O)[C@@H]1C[N+](=O)[O-]. The lowest BCUT2D eigenvalue weighted by Crippen LogP contribution is -2.51. The molecule has 0 aromatic heterocycles. The van der Waals surface area contributed by atoms with Gasteiger partial charge in [0.25, 0.3) is 0 Å². The summed E-state index contributed by atoms with van der Waals surface area (Å²) in [5, 5.41) is 31.5.